The second-order valence-corrected chi connectivity index (χ2v) is 5.69. The average molecular weight is 296 g/mol. The zero-order valence-corrected chi connectivity index (χ0v) is 12.4. The van der Waals surface area contributed by atoms with E-state index in [1.165, 1.54) is 11.3 Å². The van der Waals surface area contributed by atoms with Crippen molar-refractivity contribution in [3.05, 3.63) is 22.4 Å². The maximum absolute atomic E-state index is 11.9. The zero-order valence-electron chi connectivity index (χ0n) is 11.6. The van der Waals surface area contributed by atoms with E-state index in [0.29, 0.717) is 32.3 Å². The summed E-state index contributed by atoms with van der Waals surface area (Å²) in [6.45, 7) is 3.95. The van der Waals surface area contributed by atoms with Gasteiger partial charge in [0.25, 0.3) is 0 Å². The molecule has 1 aliphatic rings. The van der Waals surface area contributed by atoms with Crippen molar-refractivity contribution in [1.29, 1.82) is 0 Å². The minimum absolute atomic E-state index is 0.132. The summed E-state index contributed by atoms with van der Waals surface area (Å²) in [4.78, 5) is 25.9. The molecule has 1 saturated heterocycles. The highest BCUT2D eigenvalue weighted by Crippen LogP contribution is 2.13. The molecule has 0 saturated carbocycles. The Hall–Kier alpha value is -1.40. The van der Waals surface area contributed by atoms with Gasteiger partial charge in [-0.25, -0.2) is 4.79 Å². The van der Waals surface area contributed by atoms with Gasteiger partial charge >= 0.3 is 6.09 Å². The van der Waals surface area contributed by atoms with E-state index in [2.05, 4.69) is 5.32 Å². The van der Waals surface area contributed by atoms with E-state index in [1.54, 1.807) is 4.90 Å². The largest absolute Gasteiger partial charge is 0.450 e. The third kappa shape index (κ3) is 4.05. The van der Waals surface area contributed by atoms with Crippen molar-refractivity contribution in [2.75, 3.05) is 26.2 Å². The molecule has 1 aliphatic heterocycles. The third-order valence-electron chi connectivity index (χ3n) is 3.37. The Bertz CT molecular complexity index is 439. The molecule has 20 heavy (non-hydrogen) atoms. The summed E-state index contributed by atoms with van der Waals surface area (Å²) in [7, 11) is 0. The lowest BCUT2D eigenvalue weighted by Crippen LogP contribution is -2.46. The molecule has 1 aromatic heterocycles. The van der Waals surface area contributed by atoms with Crippen LogP contribution in [-0.4, -0.2) is 49.1 Å². The van der Waals surface area contributed by atoms with E-state index in [-0.39, 0.29) is 11.9 Å². The number of ether oxygens (including phenoxy) is 1. The monoisotopic (exact) mass is 296 g/mol. The Morgan fingerprint density at radius 1 is 1.45 bits per heavy atom. The Labute approximate surface area is 122 Å². The van der Waals surface area contributed by atoms with Gasteiger partial charge in [-0.15, -0.1) is 11.3 Å². The van der Waals surface area contributed by atoms with Crippen molar-refractivity contribution < 1.29 is 14.3 Å². The molecule has 0 spiro atoms. The molecule has 1 fully saturated rings. The normalized spacial score (nSPS) is 16.1. The summed E-state index contributed by atoms with van der Waals surface area (Å²) in [5.41, 5.74) is 0. The lowest BCUT2D eigenvalue weighted by atomic mass is 10.1. The van der Waals surface area contributed by atoms with Gasteiger partial charge in [0.1, 0.15) is 0 Å². The van der Waals surface area contributed by atoms with E-state index in [1.807, 2.05) is 24.4 Å². The topological polar surface area (TPSA) is 58.6 Å². The number of nitrogens with zero attached hydrogens (tertiary/aromatic N) is 1. The predicted octanol–water partition coefficient (Wildman–Crippen LogP) is 2.14. The number of ketones is 1. The van der Waals surface area contributed by atoms with Crippen molar-refractivity contribution in [3.63, 3.8) is 0 Å². The highest BCUT2D eigenvalue weighted by atomic mass is 32.1. The van der Waals surface area contributed by atoms with Crippen molar-refractivity contribution >= 4 is 23.2 Å². The Balaban J connectivity index is 1.69. The average Bonchev–Trinajstić information content (AvgIpc) is 3.00. The van der Waals surface area contributed by atoms with Gasteiger partial charge in [-0.2, -0.15) is 0 Å². The lowest BCUT2D eigenvalue weighted by molar-refractivity contribution is 0.0915. The number of hydrogen-bond acceptors (Lipinski definition) is 5. The van der Waals surface area contributed by atoms with E-state index >= 15 is 0 Å². The molecule has 0 aliphatic carbocycles. The molecular weight excluding hydrogens is 276 g/mol. The van der Waals surface area contributed by atoms with Crippen molar-refractivity contribution in [1.82, 2.24) is 10.2 Å². The van der Waals surface area contributed by atoms with Gasteiger partial charge in [0.05, 0.1) is 18.0 Å². The van der Waals surface area contributed by atoms with Gasteiger partial charge in [0, 0.05) is 19.1 Å². The first-order valence-corrected chi connectivity index (χ1v) is 7.80. The Morgan fingerprint density at radius 2 is 2.20 bits per heavy atom. The van der Waals surface area contributed by atoms with E-state index < -0.39 is 0 Å². The summed E-state index contributed by atoms with van der Waals surface area (Å²) in [6, 6.07) is 4.03. The van der Waals surface area contributed by atoms with Crippen LogP contribution in [0.2, 0.25) is 0 Å². The fraction of sp³-hybridized carbons (Fsp3) is 0.571. The summed E-state index contributed by atoms with van der Waals surface area (Å²) >= 11 is 1.47. The van der Waals surface area contributed by atoms with Crippen molar-refractivity contribution in [3.8, 4) is 0 Å². The van der Waals surface area contributed by atoms with Gasteiger partial charge in [-0.1, -0.05) is 6.07 Å². The van der Waals surface area contributed by atoms with Gasteiger partial charge in [0.15, 0.2) is 5.78 Å². The van der Waals surface area contributed by atoms with Crippen LogP contribution in [0.15, 0.2) is 17.5 Å². The van der Waals surface area contributed by atoms with Crippen LogP contribution in [0.4, 0.5) is 4.79 Å². The summed E-state index contributed by atoms with van der Waals surface area (Å²) < 4.78 is 4.98. The van der Waals surface area contributed by atoms with Gasteiger partial charge in [-0.05, 0) is 31.2 Å². The molecular formula is C14H20N2O3S. The molecule has 0 radical (unpaired) electrons. The minimum atomic E-state index is -0.236. The van der Waals surface area contributed by atoms with Crippen LogP contribution in [-0.2, 0) is 4.74 Å². The van der Waals surface area contributed by atoms with E-state index in [0.717, 1.165) is 17.7 Å². The van der Waals surface area contributed by atoms with Crippen LogP contribution in [0.5, 0.6) is 0 Å². The SMILES string of the molecule is CCOC(=O)N1CCC(NCC(=O)c2cccs2)CC1. The smallest absolute Gasteiger partial charge is 0.409 e. The van der Waals surface area contributed by atoms with Crippen LogP contribution in [0.1, 0.15) is 29.4 Å². The number of piperidine rings is 1. The van der Waals surface area contributed by atoms with Crippen molar-refractivity contribution in [2.45, 2.75) is 25.8 Å². The standard InChI is InChI=1S/C14H20N2O3S/c1-2-19-14(18)16-7-5-11(6-8-16)15-10-12(17)13-4-3-9-20-13/h3-4,9,11,15H,2,5-8,10H2,1H3. The number of hydrogen-bond donors (Lipinski definition) is 1. The third-order valence-corrected chi connectivity index (χ3v) is 4.28. The number of Topliss-reactive ketones (excluding diaryl/α,β-unsaturated/α-hetero) is 1. The fourth-order valence-electron chi connectivity index (χ4n) is 2.24. The summed E-state index contributed by atoms with van der Waals surface area (Å²) in [5, 5.41) is 5.19. The van der Waals surface area contributed by atoms with Gasteiger partial charge in [0.2, 0.25) is 0 Å². The minimum Gasteiger partial charge on any atom is -0.450 e. The Kier molecular flexibility index (Phi) is 5.55. The van der Waals surface area contributed by atoms with Crippen LogP contribution in [0, 0.1) is 0 Å². The molecule has 2 heterocycles. The van der Waals surface area contributed by atoms with Crippen LogP contribution >= 0.6 is 11.3 Å². The Morgan fingerprint density at radius 3 is 2.80 bits per heavy atom. The second kappa shape index (κ2) is 7.40. The maximum Gasteiger partial charge on any atom is 0.409 e. The van der Waals surface area contributed by atoms with Gasteiger partial charge in [-0.3, -0.25) is 4.79 Å². The molecule has 2 rings (SSSR count). The van der Waals surface area contributed by atoms with Crippen molar-refractivity contribution in [2.24, 2.45) is 0 Å². The molecule has 6 heteroatoms. The quantitative estimate of drug-likeness (QED) is 0.846. The number of carbonyl (C=O) groups is 2. The zero-order chi connectivity index (χ0) is 14.4. The number of amides is 1. The summed E-state index contributed by atoms with van der Waals surface area (Å²) in [5.74, 6) is 0.132. The highest BCUT2D eigenvalue weighted by Gasteiger charge is 2.23. The fourth-order valence-corrected chi connectivity index (χ4v) is 2.91. The molecule has 1 N–H and O–H groups in total. The number of thiophene rings is 1. The molecule has 5 nitrogen and oxygen atoms in total. The molecule has 0 bridgehead atoms. The number of carbonyl (C=O) groups excluding carboxylic acids is 2. The highest BCUT2D eigenvalue weighted by molar-refractivity contribution is 7.12. The van der Waals surface area contributed by atoms with Crippen LogP contribution in [0.25, 0.3) is 0 Å². The molecule has 110 valence electrons. The number of likely N-dealkylation sites (tertiary alicyclic amines) is 1. The van der Waals surface area contributed by atoms with Gasteiger partial charge < -0.3 is 15.0 Å². The predicted molar refractivity (Wildman–Crippen MR) is 78.3 cm³/mol. The lowest BCUT2D eigenvalue weighted by Gasteiger charge is -2.31. The van der Waals surface area contributed by atoms with Crippen LogP contribution < -0.4 is 5.32 Å². The summed E-state index contributed by atoms with van der Waals surface area (Å²) in [6.07, 6.45) is 1.48. The number of nitrogens with one attached hydrogen (secondary N) is 1. The maximum atomic E-state index is 11.9. The molecule has 0 aromatic carbocycles. The molecule has 1 aromatic rings. The second-order valence-electron chi connectivity index (χ2n) is 4.74. The molecule has 1 amide bonds. The van der Waals surface area contributed by atoms with E-state index in [9.17, 15) is 9.59 Å². The molecule has 0 atom stereocenters. The first kappa shape index (κ1) is 15.0. The molecule has 0 unspecified atom stereocenters. The van der Waals surface area contributed by atoms with E-state index in [4.69, 9.17) is 4.74 Å². The number of rotatable bonds is 5. The van der Waals surface area contributed by atoms with Crippen LogP contribution in [0.3, 0.4) is 0 Å². The first-order valence-electron chi connectivity index (χ1n) is 6.92. The first-order chi connectivity index (χ1) is 9.70.